The molecule has 1 amide bonds. The van der Waals surface area contributed by atoms with Crippen LogP contribution >= 0.6 is 11.8 Å². The van der Waals surface area contributed by atoms with Gasteiger partial charge in [0, 0.05) is 18.5 Å². The number of fused-ring (bicyclic) bond motifs is 1. The van der Waals surface area contributed by atoms with E-state index < -0.39 is 0 Å². The van der Waals surface area contributed by atoms with E-state index in [0.29, 0.717) is 6.54 Å². The van der Waals surface area contributed by atoms with Crippen molar-refractivity contribution >= 4 is 17.7 Å². The lowest BCUT2D eigenvalue weighted by Crippen LogP contribution is -2.35. The summed E-state index contributed by atoms with van der Waals surface area (Å²) in [5, 5.41) is 0.0511. The number of hydrogen-bond donors (Lipinski definition) is 1. The van der Waals surface area contributed by atoms with Crippen molar-refractivity contribution in [3.63, 3.8) is 0 Å². The van der Waals surface area contributed by atoms with Crippen molar-refractivity contribution in [3.8, 4) is 0 Å². The molecule has 0 bridgehead atoms. The minimum atomic E-state index is 0.0511. The van der Waals surface area contributed by atoms with Gasteiger partial charge in [0.15, 0.2) is 0 Å². The average Bonchev–Trinajstić information content (AvgIpc) is 2.78. The molecule has 3 nitrogen and oxygen atoms in total. The molecule has 0 radical (unpaired) electrons. The molecule has 2 N–H and O–H groups in total. The smallest absolute Gasteiger partial charge is 0.236 e. The summed E-state index contributed by atoms with van der Waals surface area (Å²) in [6.07, 6.45) is 1.72. The SMILES string of the molecule is CN(CCCN)C(=O)C1Cc2ccccc2S1. The van der Waals surface area contributed by atoms with E-state index in [1.807, 2.05) is 19.2 Å². The fourth-order valence-electron chi connectivity index (χ4n) is 2.00. The summed E-state index contributed by atoms with van der Waals surface area (Å²) < 4.78 is 0. The van der Waals surface area contributed by atoms with E-state index in [1.165, 1.54) is 10.5 Å². The topological polar surface area (TPSA) is 46.3 Å². The number of benzene rings is 1. The maximum Gasteiger partial charge on any atom is 0.236 e. The molecule has 92 valence electrons. The molecule has 1 aliphatic rings. The Kier molecular flexibility index (Phi) is 4.07. The summed E-state index contributed by atoms with van der Waals surface area (Å²) in [6.45, 7) is 1.39. The van der Waals surface area contributed by atoms with Gasteiger partial charge in [0.2, 0.25) is 5.91 Å². The molecule has 0 saturated carbocycles. The zero-order chi connectivity index (χ0) is 12.3. The Morgan fingerprint density at radius 3 is 3.00 bits per heavy atom. The molecule has 0 spiro atoms. The highest BCUT2D eigenvalue weighted by molar-refractivity contribution is 8.01. The molecule has 1 aliphatic heterocycles. The summed E-state index contributed by atoms with van der Waals surface area (Å²) in [5.41, 5.74) is 6.75. The summed E-state index contributed by atoms with van der Waals surface area (Å²) in [4.78, 5) is 15.2. The van der Waals surface area contributed by atoms with Crippen LogP contribution in [0.15, 0.2) is 29.2 Å². The Labute approximate surface area is 106 Å². The summed E-state index contributed by atoms with van der Waals surface area (Å²) in [5.74, 6) is 0.222. The Morgan fingerprint density at radius 2 is 2.29 bits per heavy atom. The highest BCUT2D eigenvalue weighted by atomic mass is 32.2. The van der Waals surface area contributed by atoms with Crippen molar-refractivity contribution < 1.29 is 4.79 Å². The number of nitrogens with two attached hydrogens (primary N) is 1. The molecule has 2 rings (SSSR count). The second kappa shape index (κ2) is 5.56. The van der Waals surface area contributed by atoms with Crippen LogP contribution in [0.5, 0.6) is 0 Å². The van der Waals surface area contributed by atoms with Crippen molar-refractivity contribution in [2.75, 3.05) is 20.1 Å². The van der Waals surface area contributed by atoms with Gasteiger partial charge in [0.25, 0.3) is 0 Å². The molecule has 0 aromatic heterocycles. The van der Waals surface area contributed by atoms with Crippen LogP contribution in [0.3, 0.4) is 0 Å². The van der Waals surface area contributed by atoms with Gasteiger partial charge in [-0.1, -0.05) is 18.2 Å². The van der Waals surface area contributed by atoms with Gasteiger partial charge in [-0.05, 0) is 31.0 Å². The van der Waals surface area contributed by atoms with Crippen molar-refractivity contribution in [1.82, 2.24) is 4.90 Å². The molecule has 1 heterocycles. The highest BCUT2D eigenvalue weighted by Gasteiger charge is 2.29. The van der Waals surface area contributed by atoms with E-state index in [4.69, 9.17) is 5.73 Å². The molecule has 4 heteroatoms. The van der Waals surface area contributed by atoms with E-state index in [9.17, 15) is 4.79 Å². The molecule has 17 heavy (non-hydrogen) atoms. The number of amides is 1. The van der Waals surface area contributed by atoms with Crippen LogP contribution in [-0.2, 0) is 11.2 Å². The molecular weight excluding hydrogens is 232 g/mol. The van der Waals surface area contributed by atoms with Crippen LogP contribution in [0, 0.1) is 0 Å². The number of carbonyl (C=O) groups excluding carboxylic acids is 1. The normalized spacial score (nSPS) is 17.9. The predicted octanol–water partition coefficient (Wildman–Crippen LogP) is 1.51. The molecule has 1 aromatic carbocycles. The Bertz CT molecular complexity index is 383. The predicted molar refractivity (Wildman–Crippen MR) is 71.1 cm³/mol. The molecule has 0 saturated heterocycles. The maximum atomic E-state index is 12.2. The largest absolute Gasteiger partial charge is 0.345 e. The van der Waals surface area contributed by atoms with Crippen molar-refractivity contribution in [1.29, 1.82) is 0 Å². The average molecular weight is 250 g/mol. The van der Waals surface area contributed by atoms with Crippen LogP contribution in [0.25, 0.3) is 0 Å². The van der Waals surface area contributed by atoms with Crippen molar-refractivity contribution in [3.05, 3.63) is 29.8 Å². The third-order valence-electron chi connectivity index (χ3n) is 3.00. The summed E-state index contributed by atoms with van der Waals surface area (Å²) in [6, 6.07) is 8.25. The van der Waals surface area contributed by atoms with Gasteiger partial charge in [-0.3, -0.25) is 4.79 Å². The van der Waals surface area contributed by atoms with Crippen LogP contribution in [0.1, 0.15) is 12.0 Å². The second-order valence-electron chi connectivity index (χ2n) is 4.32. The van der Waals surface area contributed by atoms with E-state index in [1.54, 1.807) is 16.7 Å². The van der Waals surface area contributed by atoms with Gasteiger partial charge < -0.3 is 10.6 Å². The van der Waals surface area contributed by atoms with Gasteiger partial charge in [-0.2, -0.15) is 0 Å². The third-order valence-corrected chi connectivity index (χ3v) is 4.30. The fraction of sp³-hybridized carbons (Fsp3) is 0.462. The van der Waals surface area contributed by atoms with Crippen LogP contribution in [0.4, 0.5) is 0 Å². The number of rotatable bonds is 4. The minimum Gasteiger partial charge on any atom is -0.345 e. The lowest BCUT2D eigenvalue weighted by atomic mass is 10.1. The molecular formula is C13H18N2OS. The van der Waals surface area contributed by atoms with Crippen LogP contribution in [-0.4, -0.2) is 36.2 Å². The Hall–Kier alpha value is -1.00. The Morgan fingerprint density at radius 1 is 1.53 bits per heavy atom. The van der Waals surface area contributed by atoms with Gasteiger partial charge in [-0.15, -0.1) is 11.8 Å². The van der Waals surface area contributed by atoms with Gasteiger partial charge in [0.1, 0.15) is 0 Å². The van der Waals surface area contributed by atoms with E-state index in [2.05, 4.69) is 12.1 Å². The van der Waals surface area contributed by atoms with Gasteiger partial charge >= 0.3 is 0 Å². The number of thioether (sulfide) groups is 1. The second-order valence-corrected chi connectivity index (χ2v) is 5.56. The van der Waals surface area contributed by atoms with Crippen molar-refractivity contribution in [2.45, 2.75) is 23.0 Å². The fourth-order valence-corrected chi connectivity index (χ4v) is 3.31. The number of carbonyl (C=O) groups is 1. The molecule has 0 aliphatic carbocycles. The van der Waals surface area contributed by atoms with Gasteiger partial charge in [0.05, 0.1) is 5.25 Å². The lowest BCUT2D eigenvalue weighted by molar-refractivity contribution is -0.129. The van der Waals surface area contributed by atoms with E-state index >= 15 is 0 Å². The molecule has 1 atom stereocenters. The quantitative estimate of drug-likeness (QED) is 0.881. The third kappa shape index (κ3) is 2.82. The Balaban J connectivity index is 1.96. The highest BCUT2D eigenvalue weighted by Crippen LogP contribution is 2.37. The van der Waals surface area contributed by atoms with E-state index in [0.717, 1.165) is 19.4 Å². The first kappa shape index (κ1) is 12.5. The number of nitrogens with zero attached hydrogens (tertiary/aromatic N) is 1. The van der Waals surface area contributed by atoms with Crippen LogP contribution in [0.2, 0.25) is 0 Å². The molecule has 1 aromatic rings. The monoisotopic (exact) mass is 250 g/mol. The zero-order valence-electron chi connectivity index (χ0n) is 10.1. The summed E-state index contributed by atoms with van der Waals surface area (Å²) >= 11 is 1.68. The van der Waals surface area contributed by atoms with E-state index in [-0.39, 0.29) is 11.2 Å². The lowest BCUT2D eigenvalue weighted by Gasteiger charge is -2.20. The first-order valence-electron chi connectivity index (χ1n) is 5.92. The first-order chi connectivity index (χ1) is 8.22. The first-order valence-corrected chi connectivity index (χ1v) is 6.80. The number of hydrogen-bond acceptors (Lipinski definition) is 3. The minimum absolute atomic E-state index is 0.0511. The molecule has 0 fully saturated rings. The molecule has 1 unspecified atom stereocenters. The summed E-state index contributed by atoms with van der Waals surface area (Å²) in [7, 11) is 1.86. The van der Waals surface area contributed by atoms with Gasteiger partial charge in [-0.25, -0.2) is 0 Å². The van der Waals surface area contributed by atoms with Crippen molar-refractivity contribution in [2.24, 2.45) is 5.73 Å². The standard InChI is InChI=1S/C13H18N2OS/c1-15(8-4-7-14)13(16)12-9-10-5-2-3-6-11(10)17-12/h2-3,5-6,12H,4,7-9,14H2,1H3. The van der Waals surface area contributed by atoms with Crippen LogP contribution < -0.4 is 5.73 Å². The zero-order valence-corrected chi connectivity index (χ0v) is 10.9. The maximum absolute atomic E-state index is 12.2.